The van der Waals surface area contributed by atoms with Gasteiger partial charge in [-0.3, -0.25) is 4.79 Å². The van der Waals surface area contributed by atoms with Crippen molar-refractivity contribution in [3.05, 3.63) is 113 Å². The maximum atomic E-state index is 15.1. The lowest BCUT2D eigenvalue weighted by Gasteiger charge is -2.41. The molecule has 5 rings (SSSR count). The van der Waals surface area contributed by atoms with Crippen molar-refractivity contribution in [1.82, 2.24) is 0 Å². The Morgan fingerprint density at radius 2 is 1.07 bits per heavy atom. The average molecular weight is 715 g/mol. The van der Waals surface area contributed by atoms with E-state index in [4.69, 9.17) is 3.63 Å². The van der Waals surface area contributed by atoms with E-state index in [1.54, 1.807) is 0 Å². The summed E-state index contributed by atoms with van der Waals surface area (Å²) in [5.74, 6) is -15.9. The molecule has 0 aliphatic heterocycles. The van der Waals surface area contributed by atoms with Crippen molar-refractivity contribution in [1.29, 1.82) is 0 Å². The maximum Gasteiger partial charge on any atom is 0.460 e. The van der Waals surface area contributed by atoms with Crippen LogP contribution in [0.5, 0.6) is 0 Å². The van der Waals surface area contributed by atoms with Crippen LogP contribution < -0.4 is 5.43 Å². The first-order valence-electron chi connectivity index (χ1n) is 12.5. The zero-order valence-corrected chi connectivity index (χ0v) is 24.8. The highest BCUT2D eigenvalue weighted by Crippen LogP contribution is 2.71. The highest BCUT2D eigenvalue weighted by Gasteiger charge is 2.86. The molecule has 0 bridgehead atoms. The van der Waals surface area contributed by atoms with Gasteiger partial charge in [-0.2, -0.15) is 47.9 Å². The molecule has 0 N–H and O–H groups in total. The number of benzene rings is 4. The largest absolute Gasteiger partial charge is 0.460 e. The molecular weight excluding hydrogens is 698 g/mol. The lowest BCUT2D eigenvalue weighted by molar-refractivity contribution is -0.382. The monoisotopic (exact) mass is 714 g/mol. The molecule has 0 amide bonds. The van der Waals surface area contributed by atoms with Crippen LogP contribution in [-0.2, 0) is 13.7 Å². The number of alkyl halides is 9. The summed E-state index contributed by atoms with van der Waals surface area (Å²) in [6, 6.07) is 19.0. The molecule has 0 unspecified atom stereocenters. The molecule has 17 heteroatoms. The fourth-order valence-electron chi connectivity index (χ4n) is 4.43. The van der Waals surface area contributed by atoms with E-state index >= 15 is 8.78 Å². The third-order valence-electron chi connectivity index (χ3n) is 6.71. The third-order valence-corrected chi connectivity index (χ3v) is 13.1. The number of rotatable bonds is 8. The van der Waals surface area contributed by atoms with Crippen LogP contribution in [0.15, 0.2) is 117 Å². The van der Waals surface area contributed by atoms with Gasteiger partial charge < -0.3 is 0 Å². The third kappa shape index (κ3) is 5.12. The number of hydrogen-bond acceptors (Lipinski definition) is 5. The van der Waals surface area contributed by atoms with Crippen LogP contribution in [0.4, 0.5) is 43.9 Å². The number of fused-ring (bicyclic) bond motifs is 2. The maximum absolute atomic E-state index is 15.1. The Morgan fingerprint density at radius 1 is 0.587 bits per heavy atom. The molecule has 0 saturated heterocycles. The van der Waals surface area contributed by atoms with E-state index in [-0.39, 0.29) is 25.3 Å². The first-order chi connectivity index (χ1) is 21.3. The molecule has 46 heavy (non-hydrogen) atoms. The summed E-state index contributed by atoms with van der Waals surface area (Å²) in [5, 5.41) is -7.49. The molecule has 244 valence electrons. The second kappa shape index (κ2) is 11.2. The van der Waals surface area contributed by atoms with Crippen molar-refractivity contribution in [2.45, 2.75) is 38.0 Å². The van der Waals surface area contributed by atoms with Crippen molar-refractivity contribution < 1.29 is 56.0 Å². The fourth-order valence-corrected chi connectivity index (χ4v) is 10.7. The van der Waals surface area contributed by atoms with Gasteiger partial charge in [0.25, 0.3) is 0 Å². The zero-order chi connectivity index (χ0) is 33.9. The Labute approximate surface area is 258 Å². The van der Waals surface area contributed by atoms with Gasteiger partial charge in [-0.25, -0.2) is 8.02 Å². The first kappa shape index (κ1) is 33.7. The van der Waals surface area contributed by atoms with E-state index in [1.165, 1.54) is 48.5 Å². The predicted molar refractivity (Wildman–Crippen MR) is 152 cm³/mol. The van der Waals surface area contributed by atoms with E-state index in [9.17, 15) is 48.3 Å². The molecule has 0 aliphatic rings. The smallest absolute Gasteiger partial charge is 0.289 e. The van der Waals surface area contributed by atoms with Crippen LogP contribution in [0.1, 0.15) is 0 Å². The van der Waals surface area contributed by atoms with Crippen LogP contribution >= 0.6 is 21.6 Å². The number of hydrogen-bond donors (Lipinski definition) is 0. The second-order valence-corrected chi connectivity index (χ2v) is 15.2. The molecule has 0 spiro atoms. The van der Waals surface area contributed by atoms with Crippen molar-refractivity contribution >= 4 is 51.9 Å². The van der Waals surface area contributed by atoms with Gasteiger partial charge in [-0.05, 0) is 71.0 Å². The van der Waals surface area contributed by atoms with Crippen molar-refractivity contribution in [3.8, 4) is 0 Å². The van der Waals surface area contributed by atoms with E-state index in [2.05, 4.69) is 0 Å². The summed E-state index contributed by atoms with van der Waals surface area (Å²) < 4.78 is 171. The lowest BCUT2D eigenvalue weighted by Crippen LogP contribution is -2.63. The SMILES string of the molecule is O=c1c2cc(F)ccc2sc2ccc(S(OS(=O)(=O)C(F)(F)C(F)(F)C(F)(F)C(F)(F)F)(c3ccccc3)c3ccccc3)cc12. The van der Waals surface area contributed by atoms with Crippen molar-refractivity contribution in [2.24, 2.45) is 0 Å². The molecular formula is C29H16F10O4S3. The highest BCUT2D eigenvalue weighted by atomic mass is 32.3. The molecule has 0 aliphatic carbocycles. The minimum absolute atomic E-state index is 0.122. The van der Waals surface area contributed by atoms with Gasteiger partial charge >= 0.3 is 33.4 Å². The topological polar surface area (TPSA) is 60.4 Å². The fraction of sp³-hybridized carbons (Fsp3) is 0.138. The number of halogens is 10. The minimum atomic E-state index is -7.55. The van der Waals surface area contributed by atoms with Crippen LogP contribution in [-0.4, -0.2) is 31.7 Å². The Hall–Kier alpha value is -3.67. The van der Waals surface area contributed by atoms with Gasteiger partial charge in [0.15, 0.2) is 5.43 Å². The Bertz CT molecular complexity index is 2060. The summed E-state index contributed by atoms with van der Waals surface area (Å²) in [6.45, 7) is 0. The van der Waals surface area contributed by atoms with Crippen LogP contribution in [0, 0.1) is 5.82 Å². The Kier molecular flexibility index (Phi) is 8.23. The van der Waals surface area contributed by atoms with Crippen LogP contribution in [0.2, 0.25) is 0 Å². The summed E-state index contributed by atoms with van der Waals surface area (Å²) in [6.07, 6.45) is -7.29. The van der Waals surface area contributed by atoms with Gasteiger partial charge in [0.05, 0.1) is 0 Å². The van der Waals surface area contributed by atoms with Gasteiger partial charge in [-0.15, -0.1) is 11.3 Å². The zero-order valence-electron chi connectivity index (χ0n) is 22.4. The van der Waals surface area contributed by atoms with Crippen molar-refractivity contribution in [3.63, 3.8) is 0 Å². The predicted octanol–water partition coefficient (Wildman–Crippen LogP) is 9.52. The molecule has 0 fully saturated rings. The van der Waals surface area contributed by atoms with E-state index in [0.29, 0.717) is 4.70 Å². The summed E-state index contributed by atoms with van der Waals surface area (Å²) >= 11 is 0.985. The molecule has 0 atom stereocenters. The van der Waals surface area contributed by atoms with Crippen LogP contribution in [0.25, 0.3) is 20.2 Å². The Balaban J connectivity index is 1.85. The lowest BCUT2D eigenvalue weighted by atomic mass is 10.1. The molecule has 1 aromatic heterocycles. The minimum Gasteiger partial charge on any atom is -0.289 e. The highest BCUT2D eigenvalue weighted by molar-refractivity contribution is 8.33. The summed E-state index contributed by atoms with van der Waals surface area (Å²) in [7, 11) is -11.7. The second-order valence-electron chi connectivity index (χ2n) is 9.60. The normalized spacial score (nSPS) is 14.1. The quantitative estimate of drug-likeness (QED) is 0.119. The first-order valence-corrected chi connectivity index (χ1v) is 16.3. The van der Waals surface area contributed by atoms with Gasteiger partial charge in [0, 0.05) is 34.9 Å². The molecule has 0 saturated carbocycles. The molecule has 1 heterocycles. The van der Waals surface area contributed by atoms with Crippen molar-refractivity contribution in [2.75, 3.05) is 0 Å². The molecule has 4 nitrogen and oxygen atoms in total. The van der Waals surface area contributed by atoms with Gasteiger partial charge in [0.1, 0.15) is 5.82 Å². The van der Waals surface area contributed by atoms with Gasteiger partial charge in [0.2, 0.25) is 0 Å². The summed E-state index contributed by atoms with van der Waals surface area (Å²) in [5.41, 5.74) is -0.802. The standard InChI is InChI=1S/C29H16F10O4S3/c30-17-11-13-23-21(15-17)25(40)22-16-20(12-14-24(22)44-23)45(18-7-3-1-4-8-18,19-9-5-2-6-10-19)43-46(41,42)29(38,39)27(33,34)26(31,32)28(35,36)37/h1-16H. The average Bonchev–Trinajstić information content (AvgIpc) is 3.00. The Morgan fingerprint density at radius 3 is 1.57 bits per heavy atom. The van der Waals surface area contributed by atoms with E-state index in [0.717, 1.165) is 59.9 Å². The van der Waals surface area contributed by atoms with E-state index in [1.807, 2.05) is 0 Å². The molecule has 4 aromatic carbocycles. The van der Waals surface area contributed by atoms with E-state index < -0.39 is 59.8 Å². The summed E-state index contributed by atoms with van der Waals surface area (Å²) in [4.78, 5) is 12.4. The van der Waals surface area contributed by atoms with Crippen LogP contribution in [0.3, 0.4) is 0 Å². The van der Waals surface area contributed by atoms with Gasteiger partial charge in [-0.1, -0.05) is 36.4 Å². The molecule has 0 radical (unpaired) electrons. The molecule has 5 aromatic rings.